The molecule has 19 heavy (non-hydrogen) atoms. The van der Waals surface area contributed by atoms with Gasteiger partial charge in [0.2, 0.25) is 0 Å². The highest BCUT2D eigenvalue weighted by Crippen LogP contribution is 2.17. The second-order valence-electron chi connectivity index (χ2n) is 4.66. The Morgan fingerprint density at radius 2 is 1.68 bits per heavy atom. The molecule has 100 valence electrons. The van der Waals surface area contributed by atoms with Gasteiger partial charge in [-0.15, -0.1) is 0 Å². The van der Waals surface area contributed by atoms with E-state index in [2.05, 4.69) is 48.0 Å². The largest absolute Gasteiger partial charge is 0.372 e. The van der Waals surface area contributed by atoms with E-state index >= 15 is 0 Å². The lowest BCUT2D eigenvalue weighted by Crippen LogP contribution is -1.98. The zero-order valence-corrected chi connectivity index (χ0v) is 12.6. The molecule has 0 atom stereocenters. The Balaban J connectivity index is 1.96. The molecule has 0 heterocycles. The summed E-state index contributed by atoms with van der Waals surface area (Å²) in [5, 5.41) is 0. The van der Waals surface area contributed by atoms with E-state index in [-0.39, 0.29) is 12.4 Å². The lowest BCUT2D eigenvalue weighted by Gasteiger charge is -2.09. The molecule has 2 aromatic rings. The zero-order chi connectivity index (χ0) is 13.8. The number of ether oxygens (including phenoxy) is 1. The molecule has 3 heteroatoms. The van der Waals surface area contributed by atoms with Crippen LogP contribution in [0.1, 0.15) is 22.3 Å². The lowest BCUT2D eigenvalue weighted by molar-refractivity contribution is 0.104. The molecule has 2 aromatic carbocycles. The topological polar surface area (TPSA) is 9.23 Å². The Kier molecular flexibility index (Phi) is 4.72. The van der Waals surface area contributed by atoms with Gasteiger partial charge in [0.1, 0.15) is 5.82 Å². The van der Waals surface area contributed by atoms with Crippen molar-refractivity contribution in [3.05, 3.63) is 68.9 Å². The first-order valence-electron chi connectivity index (χ1n) is 6.14. The van der Waals surface area contributed by atoms with Crippen LogP contribution >= 0.6 is 15.9 Å². The van der Waals surface area contributed by atoms with Gasteiger partial charge < -0.3 is 4.74 Å². The normalized spacial score (nSPS) is 10.7. The standard InChI is InChI=1S/C16H16BrFO/c1-11-3-4-13(12(2)7-11)9-19-10-14-5-6-15(17)8-16(14)18/h3-8H,9-10H2,1-2H3. The van der Waals surface area contributed by atoms with Crippen LogP contribution in [-0.2, 0) is 18.0 Å². The van der Waals surface area contributed by atoms with Gasteiger partial charge in [-0.1, -0.05) is 45.8 Å². The summed E-state index contributed by atoms with van der Waals surface area (Å²) >= 11 is 3.24. The van der Waals surface area contributed by atoms with E-state index in [0.29, 0.717) is 12.2 Å². The van der Waals surface area contributed by atoms with Crippen LogP contribution in [0.3, 0.4) is 0 Å². The lowest BCUT2D eigenvalue weighted by atomic mass is 10.1. The van der Waals surface area contributed by atoms with Gasteiger partial charge in [0.25, 0.3) is 0 Å². The molecule has 0 spiro atoms. The van der Waals surface area contributed by atoms with E-state index < -0.39 is 0 Å². The summed E-state index contributed by atoms with van der Waals surface area (Å²) in [5.41, 5.74) is 4.16. The molecule has 0 aliphatic carbocycles. The molecule has 0 amide bonds. The second kappa shape index (κ2) is 6.31. The fourth-order valence-corrected chi connectivity index (χ4v) is 2.25. The predicted octanol–water partition coefficient (Wildman–Crippen LogP) is 4.92. The van der Waals surface area contributed by atoms with Gasteiger partial charge in [-0.25, -0.2) is 4.39 Å². The molecule has 0 aliphatic heterocycles. The van der Waals surface area contributed by atoms with Crippen molar-refractivity contribution in [2.24, 2.45) is 0 Å². The molecule has 0 radical (unpaired) electrons. The minimum Gasteiger partial charge on any atom is -0.372 e. The van der Waals surface area contributed by atoms with Gasteiger partial charge in [-0.3, -0.25) is 0 Å². The Morgan fingerprint density at radius 3 is 2.37 bits per heavy atom. The van der Waals surface area contributed by atoms with Crippen molar-refractivity contribution in [2.75, 3.05) is 0 Å². The number of hydrogen-bond acceptors (Lipinski definition) is 1. The third-order valence-electron chi connectivity index (χ3n) is 3.03. The van der Waals surface area contributed by atoms with Crippen LogP contribution in [0.15, 0.2) is 40.9 Å². The van der Waals surface area contributed by atoms with E-state index in [0.717, 1.165) is 10.0 Å². The van der Waals surface area contributed by atoms with Gasteiger partial charge in [0.05, 0.1) is 13.2 Å². The van der Waals surface area contributed by atoms with E-state index in [1.807, 2.05) is 6.07 Å². The molecule has 0 aromatic heterocycles. The van der Waals surface area contributed by atoms with Gasteiger partial charge >= 0.3 is 0 Å². The smallest absolute Gasteiger partial charge is 0.129 e. The highest BCUT2D eigenvalue weighted by molar-refractivity contribution is 9.10. The third kappa shape index (κ3) is 3.88. The fourth-order valence-electron chi connectivity index (χ4n) is 1.92. The van der Waals surface area contributed by atoms with Crippen LogP contribution in [0.4, 0.5) is 4.39 Å². The van der Waals surface area contributed by atoms with Gasteiger partial charge in [0, 0.05) is 10.0 Å². The Labute approximate surface area is 121 Å². The highest BCUT2D eigenvalue weighted by Gasteiger charge is 2.04. The van der Waals surface area contributed by atoms with Crippen LogP contribution < -0.4 is 0 Å². The van der Waals surface area contributed by atoms with E-state index in [1.165, 1.54) is 17.2 Å². The summed E-state index contributed by atoms with van der Waals surface area (Å²) in [5.74, 6) is -0.241. The molecular formula is C16H16BrFO. The molecular weight excluding hydrogens is 307 g/mol. The van der Waals surface area contributed by atoms with E-state index in [9.17, 15) is 4.39 Å². The predicted molar refractivity (Wildman–Crippen MR) is 78.5 cm³/mol. The summed E-state index contributed by atoms with van der Waals surface area (Å²) in [6.07, 6.45) is 0. The van der Waals surface area contributed by atoms with Crippen molar-refractivity contribution in [3.63, 3.8) is 0 Å². The minimum absolute atomic E-state index is 0.241. The molecule has 0 aliphatic rings. The average molecular weight is 323 g/mol. The SMILES string of the molecule is Cc1ccc(COCc2ccc(Br)cc2F)c(C)c1. The summed E-state index contributed by atoms with van der Waals surface area (Å²) in [4.78, 5) is 0. The first kappa shape index (κ1) is 14.2. The second-order valence-corrected chi connectivity index (χ2v) is 5.57. The van der Waals surface area contributed by atoms with Crippen LogP contribution in [-0.4, -0.2) is 0 Å². The number of aryl methyl sites for hydroxylation is 2. The quantitative estimate of drug-likeness (QED) is 0.776. The number of benzene rings is 2. The molecule has 2 rings (SSSR count). The monoisotopic (exact) mass is 322 g/mol. The van der Waals surface area contributed by atoms with Crippen molar-refractivity contribution in [1.82, 2.24) is 0 Å². The maximum atomic E-state index is 13.6. The van der Waals surface area contributed by atoms with E-state index in [4.69, 9.17) is 4.74 Å². The number of rotatable bonds is 4. The van der Waals surface area contributed by atoms with Gasteiger partial charge in [0.15, 0.2) is 0 Å². The van der Waals surface area contributed by atoms with Crippen LogP contribution in [0.2, 0.25) is 0 Å². The Bertz CT molecular complexity index is 529. The first-order chi connectivity index (χ1) is 9.06. The number of halogens is 2. The summed E-state index contributed by atoms with van der Waals surface area (Å²) < 4.78 is 19.9. The molecule has 1 nitrogen and oxygen atoms in total. The van der Waals surface area contributed by atoms with Crippen LogP contribution in [0.5, 0.6) is 0 Å². The number of hydrogen-bond donors (Lipinski definition) is 0. The van der Waals surface area contributed by atoms with Crippen molar-refractivity contribution in [3.8, 4) is 0 Å². The minimum atomic E-state index is -0.241. The van der Waals surface area contributed by atoms with Crippen LogP contribution in [0, 0.1) is 19.7 Å². The summed E-state index contributed by atoms with van der Waals surface area (Å²) in [6, 6.07) is 11.3. The first-order valence-corrected chi connectivity index (χ1v) is 6.93. The summed E-state index contributed by atoms with van der Waals surface area (Å²) in [7, 11) is 0. The average Bonchev–Trinajstić information content (AvgIpc) is 2.34. The molecule has 0 saturated heterocycles. The zero-order valence-electron chi connectivity index (χ0n) is 11.0. The summed E-state index contributed by atoms with van der Waals surface area (Å²) in [6.45, 7) is 4.91. The molecule has 0 saturated carbocycles. The van der Waals surface area contributed by atoms with Gasteiger partial charge in [-0.05, 0) is 37.1 Å². The van der Waals surface area contributed by atoms with Crippen LogP contribution in [0.25, 0.3) is 0 Å². The van der Waals surface area contributed by atoms with Crippen molar-refractivity contribution in [2.45, 2.75) is 27.1 Å². The fraction of sp³-hybridized carbons (Fsp3) is 0.250. The van der Waals surface area contributed by atoms with Crippen molar-refractivity contribution < 1.29 is 9.13 Å². The maximum absolute atomic E-state index is 13.6. The molecule has 0 N–H and O–H groups in total. The Morgan fingerprint density at radius 1 is 1.00 bits per heavy atom. The van der Waals surface area contributed by atoms with Crippen molar-refractivity contribution >= 4 is 15.9 Å². The van der Waals surface area contributed by atoms with Crippen molar-refractivity contribution in [1.29, 1.82) is 0 Å². The highest BCUT2D eigenvalue weighted by atomic mass is 79.9. The third-order valence-corrected chi connectivity index (χ3v) is 3.52. The molecule has 0 unspecified atom stereocenters. The van der Waals surface area contributed by atoms with E-state index in [1.54, 1.807) is 6.07 Å². The maximum Gasteiger partial charge on any atom is 0.129 e. The Hall–Kier alpha value is -1.19. The van der Waals surface area contributed by atoms with Gasteiger partial charge in [-0.2, -0.15) is 0 Å². The molecule has 0 fully saturated rings. The molecule has 0 bridgehead atoms.